The Hall–Kier alpha value is -6.45. The standard InChI is InChI=1S/3C23H23Cl2FN2O3/c3*1-22(2,3)10-16-23(13-8-7-11(24)9-15(13)27-21(23)31)17(19(28-16)20(29)30)12-5-4-6-14(25)18(12)26/h3*4-9,16-17,19,28H,10H2,1-3H3,(H,27,31)(H,29,30)/t16-,17+,19-,23+;16-,17-,19+,23+;/m10./s1. The molecule has 12 atom stereocenters. The Balaban J connectivity index is 0.000000153. The zero-order chi connectivity index (χ0) is 68.1. The Labute approximate surface area is 566 Å². The van der Waals surface area contributed by atoms with Crippen LogP contribution < -0.4 is 31.9 Å². The van der Waals surface area contributed by atoms with Crippen molar-refractivity contribution < 1.29 is 57.3 Å². The van der Waals surface area contributed by atoms with Crippen molar-refractivity contribution in [1.29, 1.82) is 0 Å². The van der Waals surface area contributed by atoms with Gasteiger partial charge in [0.15, 0.2) is 0 Å². The molecule has 0 aliphatic carbocycles. The van der Waals surface area contributed by atoms with Crippen LogP contribution in [-0.4, -0.2) is 87.2 Å². The molecule has 9 N–H and O–H groups in total. The second-order valence-corrected chi connectivity index (χ2v) is 30.8. The summed E-state index contributed by atoms with van der Waals surface area (Å²) in [5, 5.41) is 49.3. The van der Waals surface area contributed by atoms with E-state index in [0.29, 0.717) is 68.1 Å². The molecular weight excluding hydrogens is 1330 g/mol. The summed E-state index contributed by atoms with van der Waals surface area (Å²) in [6.45, 7) is 18.1. The molecule has 0 radical (unpaired) electrons. The second-order valence-electron chi connectivity index (χ2n) is 28.3. The third-order valence-electron chi connectivity index (χ3n) is 18.6. The summed E-state index contributed by atoms with van der Waals surface area (Å²) < 4.78 is 45.8. The van der Waals surface area contributed by atoms with Crippen LogP contribution in [0.5, 0.6) is 0 Å². The lowest BCUT2D eigenvalue weighted by atomic mass is 9.62. The van der Waals surface area contributed by atoms with E-state index >= 15 is 13.2 Å². The normalized spacial score (nSPS) is 27.4. The van der Waals surface area contributed by atoms with E-state index in [9.17, 15) is 44.1 Å². The number of hydrogen-bond acceptors (Lipinski definition) is 9. The maximum Gasteiger partial charge on any atom is 0.321 e. The molecule has 0 aromatic heterocycles. The van der Waals surface area contributed by atoms with Crippen molar-refractivity contribution in [1.82, 2.24) is 16.0 Å². The number of carbonyl (C=O) groups is 6. The highest BCUT2D eigenvalue weighted by Crippen LogP contribution is 2.61. The third-order valence-corrected chi connectivity index (χ3v) is 20.2. The summed E-state index contributed by atoms with van der Waals surface area (Å²) in [5.41, 5.74) is -1.08. The van der Waals surface area contributed by atoms with Crippen molar-refractivity contribution >= 4 is 122 Å². The average molecular weight is 1400 g/mol. The Morgan fingerprint density at radius 3 is 0.860 bits per heavy atom. The van der Waals surface area contributed by atoms with Crippen molar-refractivity contribution in [3.63, 3.8) is 0 Å². The van der Waals surface area contributed by atoms with Crippen molar-refractivity contribution in [2.24, 2.45) is 16.2 Å². The summed E-state index contributed by atoms with van der Waals surface area (Å²) in [6, 6.07) is 23.3. The first-order chi connectivity index (χ1) is 43.4. The summed E-state index contributed by atoms with van der Waals surface area (Å²) in [4.78, 5) is 78.0. The van der Waals surface area contributed by atoms with E-state index in [0.717, 1.165) is 0 Å². The second kappa shape index (κ2) is 25.3. The van der Waals surface area contributed by atoms with E-state index in [2.05, 4.69) is 31.9 Å². The Kier molecular flexibility index (Phi) is 18.9. The number of hydrogen-bond donors (Lipinski definition) is 9. The summed E-state index contributed by atoms with van der Waals surface area (Å²) in [5.74, 6) is -9.79. The lowest BCUT2D eigenvalue weighted by Crippen LogP contribution is -2.49. The van der Waals surface area contributed by atoms with Gasteiger partial charge in [-0.05, 0) is 123 Å². The minimum absolute atomic E-state index is 0.0989. The molecule has 6 aromatic carbocycles. The molecule has 0 saturated carbocycles. The van der Waals surface area contributed by atoms with Gasteiger partial charge in [0.1, 0.15) is 51.8 Å². The lowest BCUT2D eigenvalue weighted by Gasteiger charge is -2.37. The molecule has 15 nitrogen and oxygen atoms in total. The number of carbonyl (C=O) groups excluding carboxylic acids is 3. The maximum atomic E-state index is 15.3. The highest BCUT2D eigenvalue weighted by atomic mass is 35.5. The SMILES string of the molecule is CC(C)(C)CC1NC(C(=O)O)C(c2cccc(Cl)c2F)C12C(=O)Nc1cc(Cl)ccc12.CC(C)(C)C[C@@H]1N[C@@H](C(=O)O)[C@H](c2cccc(Cl)c2F)[C@]12C(=O)Nc1cc(Cl)ccc12.CC(C)(C)C[C@H]1N[C@@H](C(=O)O)[C@H](c2cccc(Cl)c2F)[C@@]12C(=O)Nc1cc(Cl)ccc12. The van der Waals surface area contributed by atoms with Gasteiger partial charge in [0, 0.05) is 68.0 Å². The van der Waals surface area contributed by atoms with Crippen LogP contribution in [0.4, 0.5) is 30.2 Å². The van der Waals surface area contributed by atoms with Gasteiger partial charge in [0.05, 0.1) is 15.1 Å². The van der Waals surface area contributed by atoms with Crippen molar-refractivity contribution in [2.45, 2.75) is 152 Å². The molecule has 3 fully saturated rings. The molecular formula is C69H69Cl6F3N6O9. The zero-order valence-electron chi connectivity index (χ0n) is 51.9. The smallest absolute Gasteiger partial charge is 0.321 e. The quantitative estimate of drug-likeness (QED) is 0.0658. The number of fused-ring (bicyclic) bond motifs is 6. The summed E-state index contributed by atoms with van der Waals surface area (Å²) >= 11 is 36.6. The Morgan fingerprint density at radius 2 is 0.645 bits per heavy atom. The molecule has 6 aliphatic rings. The molecule has 6 aliphatic heterocycles. The molecule has 3 saturated heterocycles. The Morgan fingerprint density at radius 1 is 0.409 bits per heavy atom. The minimum Gasteiger partial charge on any atom is -0.480 e. The molecule has 3 amide bonds. The molecule has 492 valence electrons. The fourth-order valence-corrected chi connectivity index (χ4v) is 16.5. The van der Waals surface area contributed by atoms with Crippen LogP contribution in [0.3, 0.4) is 0 Å². The molecule has 3 spiro atoms. The van der Waals surface area contributed by atoms with Crippen LogP contribution in [0.2, 0.25) is 30.1 Å². The van der Waals surface area contributed by atoms with E-state index in [1.54, 1.807) is 72.8 Å². The zero-order valence-corrected chi connectivity index (χ0v) is 56.4. The average Bonchev–Trinajstić information content (AvgIpc) is 1.56. The molecule has 12 rings (SSSR count). The summed E-state index contributed by atoms with van der Waals surface area (Å²) in [7, 11) is 0. The largest absolute Gasteiger partial charge is 0.480 e. The molecule has 0 bridgehead atoms. The molecule has 24 heteroatoms. The van der Waals surface area contributed by atoms with E-state index < -0.39 is 106 Å². The Bertz CT molecular complexity index is 3660. The predicted octanol–water partition coefficient (Wildman–Crippen LogP) is 14.9. The number of halogens is 9. The minimum atomic E-state index is -1.35. The number of carboxylic acids is 3. The number of carboxylic acid groups (broad SMARTS) is 3. The first kappa shape index (κ1) is 69.4. The van der Waals surface area contributed by atoms with Crippen LogP contribution in [0.15, 0.2) is 109 Å². The number of benzene rings is 6. The van der Waals surface area contributed by atoms with Crippen molar-refractivity contribution in [2.75, 3.05) is 16.0 Å². The van der Waals surface area contributed by atoms with Gasteiger partial charge >= 0.3 is 17.9 Å². The third kappa shape index (κ3) is 12.2. The first-order valence-electron chi connectivity index (χ1n) is 30.0. The van der Waals surface area contributed by atoms with E-state index in [1.165, 1.54) is 36.4 Å². The van der Waals surface area contributed by atoms with E-state index in [-0.39, 0.29) is 65.7 Å². The number of rotatable bonds is 9. The van der Waals surface area contributed by atoms with Gasteiger partial charge in [-0.1, -0.05) is 187 Å². The molecule has 6 heterocycles. The van der Waals surface area contributed by atoms with Gasteiger partial charge < -0.3 is 31.3 Å². The van der Waals surface area contributed by atoms with E-state index in [4.69, 9.17) is 69.6 Å². The fourth-order valence-electron chi connectivity index (χ4n) is 15.4. The van der Waals surface area contributed by atoms with Crippen LogP contribution in [0, 0.1) is 33.7 Å². The van der Waals surface area contributed by atoms with Gasteiger partial charge in [0.25, 0.3) is 0 Å². The summed E-state index contributed by atoms with van der Waals surface area (Å²) in [6.07, 6.45) is 1.47. The van der Waals surface area contributed by atoms with E-state index in [1.807, 2.05) is 62.3 Å². The van der Waals surface area contributed by atoms with Gasteiger partial charge in [-0.15, -0.1) is 0 Å². The molecule has 4 unspecified atom stereocenters. The van der Waals surface area contributed by atoms with Crippen LogP contribution in [0.1, 0.15) is 133 Å². The number of aliphatic carboxylic acids is 3. The number of nitrogens with one attached hydrogen (secondary N) is 6. The van der Waals surface area contributed by atoms with Crippen molar-refractivity contribution in [3.05, 3.63) is 190 Å². The number of amides is 3. The highest BCUT2D eigenvalue weighted by molar-refractivity contribution is 6.33. The van der Waals surface area contributed by atoms with Gasteiger partial charge in [-0.2, -0.15) is 0 Å². The predicted molar refractivity (Wildman–Crippen MR) is 355 cm³/mol. The first-order valence-corrected chi connectivity index (χ1v) is 32.3. The van der Waals surface area contributed by atoms with Crippen LogP contribution >= 0.6 is 69.6 Å². The van der Waals surface area contributed by atoms with Gasteiger partial charge in [-0.25, -0.2) is 13.2 Å². The van der Waals surface area contributed by atoms with Crippen LogP contribution in [0.25, 0.3) is 0 Å². The van der Waals surface area contributed by atoms with Gasteiger partial charge in [-0.3, -0.25) is 44.7 Å². The molecule has 6 aromatic rings. The highest BCUT2D eigenvalue weighted by Gasteiger charge is 2.69. The number of anilines is 3. The maximum absolute atomic E-state index is 15.3. The fraction of sp³-hybridized carbons (Fsp3) is 0.391. The van der Waals surface area contributed by atoms with Gasteiger partial charge in [0.2, 0.25) is 17.7 Å². The topological polar surface area (TPSA) is 235 Å². The lowest BCUT2D eigenvalue weighted by molar-refractivity contribution is -0.140. The van der Waals surface area contributed by atoms with Crippen LogP contribution in [-0.2, 0) is 45.0 Å². The van der Waals surface area contributed by atoms with Crippen molar-refractivity contribution in [3.8, 4) is 0 Å². The monoisotopic (exact) mass is 1390 g/mol. The molecule has 93 heavy (non-hydrogen) atoms.